The number of nitrogens with zero attached hydrogens (tertiary/aromatic N) is 2. The fourth-order valence-corrected chi connectivity index (χ4v) is 15.5. The highest BCUT2D eigenvalue weighted by atomic mass is 32.3. The molecule has 23 nitrogen and oxygen atoms in total. The van der Waals surface area contributed by atoms with Gasteiger partial charge in [-0.1, -0.05) is 35.1 Å². The lowest BCUT2D eigenvalue weighted by atomic mass is 10.1. The van der Waals surface area contributed by atoms with Gasteiger partial charge in [-0.05, 0) is 64.8 Å². The van der Waals surface area contributed by atoms with Gasteiger partial charge in [0.05, 0.1) is 0 Å². The first-order chi connectivity index (χ1) is 31.3. The molecule has 68 heavy (non-hydrogen) atoms. The number of carbonyl (C=O) groups is 4. The zero-order valence-electron chi connectivity index (χ0n) is 38.8. The molecular weight excluding hydrogens is 1020 g/mol. The van der Waals surface area contributed by atoms with Crippen molar-refractivity contribution in [3.05, 3.63) is 23.3 Å². The van der Waals surface area contributed by atoms with E-state index in [1.165, 1.54) is 41.7 Å². The number of sulfonamides is 4. The Hall–Kier alpha value is -3.20. The van der Waals surface area contributed by atoms with Crippen LogP contribution in [0.2, 0.25) is 0 Å². The lowest BCUT2D eigenvalue weighted by Crippen LogP contribution is -2.43. The van der Waals surface area contributed by atoms with Crippen LogP contribution in [-0.2, 0) is 78.2 Å². The summed E-state index contributed by atoms with van der Waals surface area (Å²) in [5.74, 6) is -3.20. The maximum Gasteiger partial charge on any atom is 0.344 e. The Morgan fingerprint density at radius 1 is 0.750 bits per heavy atom. The van der Waals surface area contributed by atoms with E-state index in [9.17, 15) is 52.8 Å². The first-order valence-electron chi connectivity index (χ1n) is 21.2. The van der Waals surface area contributed by atoms with Crippen molar-refractivity contribution in [2.24, 2.45) is 5.14 Å². The summed E-state index contributed by atoms with van der Waals surface area (Å²) in [7, 11) is -12.9. The summed E-state index contributed by atoms with van der Waals surface area (Å²) in [5, 5.41) is 19.9. The molecule has 4 atom stereocenters. The number of nitrogens with two attached hydrogens (primary N) is 1. The summed E-state index contributed by atoms with van der Waals surface area (Å²) in [5.41, 5.74) is 0.823. The molecule has 2 aliphatic rings. The van der Waals surface area contributed by atoms with Crippen molar-refractivity contribution < 1.29 is 76.9 Å². The fraction of sp³-hybridized carbons (Fsp3) is 0.692. The molecule has 2 aliphatic heterocycles. The molecule has 0 saturated carbocycles. The minimum Gasteiger partial charge on any atom is -0.479 e. The second-order valence-electron chi connectivity index (χ2n) is 14.9. The van der Waals surface area contributed by atoms with Crippen LogP contribution >= 0.6 is 22.7 Å². The second-order valence-corrected chi connectivity index (χ2v) is 24.9. The number of likely N-dealkylation sites (N-methyl/N-ethyl adjacent to an activating group) is 2. The van der Waals surface area contributed by atoms with Crippen molar-refractivity contribution >= 4 is 86.6 Å². The van der Waals surface area contributed by atoms with E-state index in [2.05, 4.69) is 15.4 Å². The number of methoxy groups -OCH3 is 2. The number of amides is 1. The number of hydrogen-bond acceptors (Lipinski definition) is 20. The predicted molar refractivity (Wildman–Crippen MR) is 254 cm³/mol. The van der Waals surface area contributed by atoms with E-state index in [4.69, 9.17) is 24.5 Å². The Morgan fingerprint density at radius 2 is 1.15 bits per heavy atom. The summed E-state index contributed by atoms with van der Waals surface area (Å²) < 4.78 is 124. The fourth-order valence-electron chi connectivity index (χ4n) is 6.25. The van der Waals surface area contributed by atoms with E-state index < -0.39 is 82.2 Å². The number of carboxylic acids is 1. The van der Waals surface area contributed by atoms with Gasteiger partial charge in [-0.25, -0.2) is 48.3 Å². The number of primary sulfonamides is 1. The zero-order chi connectivity index (χ0) is 50.9. The highest BCUT2D eigenvalue weighted by molar-refractivity contribution is 7.94. The van der Waals surface area contributed by atoms with Crippen LogP contribution in [0.5, 0.6) is 0 Å². The summed E-state index contributed by atoms with van der Waals surface area (Å²) in [6.45, 7) is 12.9. The highest BCUT2D eigenvalue weighted by Gasteiger charge is 2.41. The van der Waals surface area contributed by atoms with Gasteiger partial charge in [-0.15, -0.1) is 22.7 Å². The Bertz CT molecular complexity index is 2430. The lowest BCUT2D eigenvalue weighted by molar-refractivity contribution is -0.162. The van der Waals surface area contributed by atoms with E-state index >= 15 is 0 Å². The second kappa shape index (κ2) is 28.6. The molecule has 4 rings (SSSR count). The topological polar surface area (TPSA) is 331 Å². The van der Waals surface area contributed by atoms with Crippen LogP contribution in [0.1, 0.15) is 111 Å². The molecule has 0 fully saturated rings. The smallest absolute Gasteiger partial charge is 0.344 e. The van der Waals surface area contributed by atoms with Crippen molar-refractivity contribution in [2.45, 2.75) is 129 Å². The molecule has 29 heteroatoms. The van der Waals surface area contributed by atoms with Gasteiger partial charge >= 0.3 is 17.9 Å². The van der Waals surface area contributed by atoms with E-state index in [0.717, 1.165) is 0 Å². The van der Waals surface area contributed by atoms with Crippen LogP contribution in [0.3, 0.4) is 0 Å². The third-order valence-electron chi connectivity index (χ3n) is 9.51. The number of esters is 2. The zero-order valence-corrected chi connectivity index (χ0v) is 43.7. The van der Waals surface area contributed by atoms with Crippen molar-refractivity contribution in [1.29, 1.82) is 0 Å². The maximum absolute atomic E-state index is 13.1. The summed E-state index contributed by atoms with van der Waals surface area (Å²) in [6, 6.07) is 1.99. The van der Waals surface area contributed by atoms with Crippen LogP contribution in [0.15, 0.2) is 29.0 Å². The van der Waals surface area contributed by atoms with Crippen LogP contribution in [0.4, 0.5) is 0 Å². The first kappa shape index (κ1) is 62.8. The quantitative estimate of drug-likeness (QED) is 0.0788. The van der Waals surface area contributed by atoms with Crippen LogP contribution in [0, 0.1) is 0 Å². The van der Waals surface area contributed by atoms with Crippen LogP contribution in [-0.4, -0.2) is 150 Å². The van der Waals surface area contributed by atoms with Crippen molar-refractivity contribution in [2.75, 3.05) is 66.7 Å². The third-order valence-corrected chi connectivity index (χ3v) is 19.8. The first-order valence-corrected chi connectivity index (χ1v) is 28.7. The van der Waals surface area contributed by atoms with Gasteiger partial charge < -0.3 is 34.7 Å². The van der Waals surface area contributed by atoms with Gasteiger partial charge in [-0.3, -0.25) is 14.4 Å². The molecule has 0 spiro atoms. The molecule has 0 unspecified atom stereocenters. The molecule has 0 radical (unpaired) electrons. The van der Waals surface area contributed by atoms with Gasteiger partial charge in [0.2, 0.25) is 10.0 Å². The number of hydrogen-bond donors (Lipinski definition) is 5. The van der Waals surface area contributed by atoms with Crippen molar-refractivity contribution in [3.8, 4) is 0 Å². The highest BCUT2D eigenvalue weighted by Crippen LogP contribution is 2.41. The molecule has 0 aliphatic carbocycles. The monoisotopic (exact) mass is 1080 g/mol. The average molecular weight is 1090 g/mol. The Balaban J connectivity index is 0.000000571. The molecular formula is C39H68N6O17S6. The number of rotatable bonds is 23. The van der Waals surface area contributed by atoms with Gasteiger partial charge in [0.1, 0.15) is 16.8 Å². The molecule has 0 bridgehead atoms. The largest absolute Gasteiger partial charge is 0.479 e. The van der Waals surface area contributed by atoms with Gasteiger partial charge in [0.15, 0.2) is 12.2 Å². The van der Waals surface area contributed by atoms with Crippen LogP contribution < -0.4 is 20.5 Å². The molecule has 6 N–H and O–H groups in total. The number of aliphatic carboxylic acids is 1. The standard InChI is InChI=1S/C19H31N3O8S3.C12H21N3O5S3.C7H12O4.CH4/c1-5-8-16(23)30-13(3)18(24)21-32(25,26)17-11-14-15(20-6-2)12-22(9-7-10-29-4)33(27,28)19(14)31-17;1-3-14-10-8-15(5-4-6-20-2)23(18,19)12-9(10)7-11(21-12)22(13,16)17;1-3-4-6(8)11-5(2)7(9)10;/h11,13,15,20H,5-10,12H2,1-4H3,(H,21,24);7,10,14H,3-6,8H2,1-2H3,(H2,13,16,17);5H,3-4H2,1-2H3,(H,9,10);1H4/t13-,15-;10-;5-;/m000./s1. The molecule has 4 heterocycles. The molecule has 2 aromatic heterocycles. The molecule has 392 valence electrons. The summed E-state index contributed by atoms with van der Waals surface area (Å²) in [6.07, 6.45) is 0.283. The predicted octanol–water partition coefficient (Wildman–Crippen LogP) is 2.50. The number of fused-ring (bicyclic) bond motifs is 2. The van der Waals surface area contributed by atoms with Crippen LogP contribution in [0.25, 0.3) is 0 Å². The number of carboxylic acid groups (broad SMARTS) is 1. The number of ether oxygens (including phenoxy) is 4. The number of nitrogens with one attached hydrogen (secondary N) is 3. The van der Waals surface area contributed by atoms with Crippen molar-refractivity contribution in [3.63, 3.8) is 0 Å². The third kappa shape index (κ3) is 17.9. The van der Waals surface area contributed by atoms with Gasteiger partial charge in [-0.2, -0.15) is 8.61 Å². The normalized spacial score (nSPS) is 18.4. The minimum absolute atomic E-state index is 0. The SMILES string of the molecule is C.CCCC(=O)O[C@@H](C)C(=O)NS(=O)(=O)c1cc2c(s1)S(=O)(=O)N(CCCOC)C[C@@H]2NCC.CCCC(=O)O[C@@H](C)C(=O)O.CCN[C@H]1CN(CCCOC)S(=O)(=O)c2sc(S(N)(=O)=O)cc21. The number of carbonyl (C=O) groups excluding carboxylic acids is 3. The summed E-state index contributed by atoms with van der Waals surface area (Å²) >= 11 is 1.29. The van der Waals surface area contributed by atoms with Crippen molar-refractivity contribution in [1.82, 2.24) is 24.0 Å². The van der Waals surface area contributed by atoms with E-state index in [0.29, 0.717) is 92.3 Å². The minimum atomic E-state index is -4.38. The van der Waals surface area contributed by atoms with Gasteiger partial charge in [0, 0.05) is 89.7 Å². The molecule has 0 aromatic carbocycles. The number of thiophene rings is 2. The molecule has 2 aromatic rings. The summed E-state index contributed by atoms with van der Waals surface area (Å²) in [4.78, 5) is 44.7. The Morgan fingerprint density at radius 3 is 1.51 bits per heavy atom. The average Bonchev–Trinajstić information content (AvgIpc) is 3.91. The maximum atomic E-state index is 13.1. The van der Waals surface area contributed by atoms with E-state index in [-0.39, 0.29) is 62.8 Å². The molecule has 0 saturated heterocycles. The van der Waals surface area contributed by atoms with E-state index in [1.807, 2.05) is 25.5 Å². The van der Waals surface area contributed by atoms with Gasteiger partial charge in [0.25, 0.3) is 36.0 Å². The molecule has 1 amide bonds. The Labute approximate surface area is 409 Å². The lowest BCUT2D eigenvalue weighted by Gasteiger charge is -2.32. The Kier molecular flexibility index (Phi) is 26.4. The van der Waals surface area contributed by atoms with E-state index in [1.54, 1.807) is 14.0 Å².